The molecule has 112 valence electrons. The Kier molecular flexibility index (Phi) is 4.78. The van der Waals surface area contributed by atoms with Crippen molar-refractivity contribution in [3.05, 3.63) is 34.8 Å². The number of carbonyl (C=O) groups excluding carboxylic acids is 1. The monoisotopic (exact) mass is 337 g/mol. The van der Waals surface area contributed by atoms with Crippen LogP contribution in [0.3, 0.4) is 0 Å². The van der Waals surface area contributed by atoms with Crippen LogP contribution in [0.1, 0.15) is 15.4 Å². The zero-order valence-corrected chi connectivity index (χ0v) is 11.8. The van der Waals surface area contributed by atoms with Gasteiger partial charge in [-0.25, -0.2) is 4.39 Å². The van der Waals surface area contributed by atoms with Crippen LogP contribution in [-0.2, 0) is 6.18 Å². The smallest absolute Gasteiger partial charge is 0.321 e. The van der Waals surface area contributed by atoms with Crippen LogP contribution in [0.25, 0.3) is 0 Å². The molecule has 4 nitrogen and oxygen atoms in total. The number of rotatable bonds is 4. The third-order valence-corrected chi connectivity index (χ3v) is 3.74. The van der Waals surface area contributed by atoms with Crippen LogP contribution in [0.5, 0.6) is 0 Å². The third-order valence-electron chi connectivity index (χ3n) is 2.30. The number of nitrogens with one attached hydrogen (secondary N) is 1. The maximum Gasteiger partial charge on any atom is 0.436 e. The Bertz CT molecular complexity index is 627. The first-order valence-electron chi connectivity index (χ1n) is 5.41. The second kappa shape index (κ2) is 6.39. The van der Waals surface area contributed by atoms with Crippen molar-refractivity contribution in [1.82, 2.24) is 9.59 Å². The summed E-state index contributed by atoms with van der Waals surface area (Å²) >= 11 is 1.33. The van der Waals surface area contributed by atoms with Gasteiger partial charge in [-0.15, -0.1) is 5.10 Å². The van der Waals surface area contributed by atoms with E-state index in [1.165, 1.54) is 12.1 Å². The molecule has 21 heavy (non-hydrogen) atoms. The number of aromatic nitrogens is 2. The zero-order chi connectivity index (χ0) is 15.5. The highest BCUT2D eigenvalue weighted by molar-refractivity contribution is 7.99. The van der Waals surface area contributed by atoms with Crippen molar-refractivity contribution in [2.45, 2.75) is 11.1 Å². The van der Waals surface area contributed by atoms with Gasteiger partial charge >= 0.3 is 6.18 Å². The van der Waals surface area contributed by atoms with Crippen molar-refractivity contribution in [3.8, 4) is 0 Å². The molecule has 0 spiro atoms. The van der Waals surface area contributed by atoms with Crippen LogP contribution in [0.4, 0.5) is 23.2 Å². The van der Waals surface area contributed by atoms with Crippen molar-refractivity contribution in [3.63, 3.8) is 0 Å². The molecule has 0 bridgehead atoms. The van der Waals surface area contributed by atoms with E-state index in [9.17, 15) is 22.4 Å². The van der Waals surface area contributed by atoms with Gasteiger partial charge in [-0.1, -0.05) is 16.3 Å². The summed E-state index contributed by atoms with van der Waals surface area (Å²) in [4.78, 5) is 11.8. The second-order valence-corrected chi connectivity index (χ2v) is 5.41. The van der Waals surface area contributed by atoms with Gasteiger partial charge in [0, 0.05) is 10.6 Å². The lowest BCUT2D eigenvalue weighted by Gasteiger charge is -2.07. The second-order valence-electron chi connectivity index (χ2n) is 3.68. The molecule has 0 fully saturated rings. The molecule has 0 aliphatic heterocycles. The molecule has 2 rings (SSSR count). The Balaban J connectivity index is 2.13. The van der Waals surface area contributed by atoms with Crippen LogP contribution >= 0.6 is 23.3 Å². The van der Waals surface area contributed by atoms with Gasteiger partial charge in [-0.2, -0.15) is 13.2 Å². The normalized spacial score (nSPS) is 11.4. The fourth-order valence-corrected chi connectivity index (χ4v) is 2.45. The van der Waals surface area contributed by atoms with E-state index in [4.69, 9.17) is 0 Å². The molecule has 1 aromatic heterocycles. The number of hydrogen-bond acceptors (Lipinski definition) is 5. The summed E-state index contributed by atoms with van der Waals surface area (Å²) in [6.45, 7) is 0. The fraction of sp³-hybridized carbons (Fsp3) is 0.182. The lowest BCUT2D eigenvalue weighted by Crippen LogP contribution is -2.17. The summed E-state index contributed by atoms with van der Waals surface area (Å²) in [6.07, 6.45) is -4.73. The summed E-state index contributed by atoms with van der Waals surface area (Å²) in [6, 6.07) is 5.45. The van der Waals surface area contributed by atoms with Crippen LogP contribution < -0.4 is 5.32 Å². The molecule has 0 atom stereocenters. The van der Waals surface area contributed by atoms with E-state index in [0.717, 1.165) is 11.8 Å². The Labute approximate surface area is 124 Å². The number of anilines is 1. The molecule has 1 N–H and O–H groups in total. The Morgan fingerprint density at radius 2 is 1.95 bits per heavy atom. The molecular formula is C11H7F4N3OS2. The molecule has 0 unspecified atom stereocenters. The molecule has 0 radical (unpaired) electrons. The third kappa shape index (κ3) is 3.91. The molecule has 0 saturated heterocycles. The van der Waals surface area contributed by atoms with Gasteiger partial charge in [-0.3, -0.25) is 4.79 Å². The highest BCUT2D eigenvalue weighted by atomic mass is 32.2. The maximum atomic E-state index is 12.6. The summed E-state index contributed by atoms with van der Waals surface area (Å²) in [5, 5.41) is 5.24. The number of thioether (sulfide) groups is 1. The molecule has 0 aliphatic carbocycles. The predicted octanol–water partition coefficient (Wildman–Crippen LogP) is 3.83. The Morgan fingerprint density at radius 3 is 2.52 bits per heavy atom. The van der Waals surface area contributed by atoms with Crippen molar-refractivity contribution >= 4 is 34.9 Å². The largest absolute Gasteiger partial charge is 0.436 e. The topological polar surface area (TPSA) is 54.9 Å². The van der Waals surface area contributed by atoms with Gasteiger partial charge < -0.3 is 5.32 Å². The minimum atomic E-state index is -4.73. The van der Waals surface area contributed by atoms with Gasteiger partial charge in [0.1, 0.15) is 10.9 Å². The summed E-state index contributed by atoms with van der Waals surface area (Å²) in [5.41, 5.74) is -1.01. The summed E-state index contributed by atoms with van der Waals surface area (Å²) < 4.78 is 53.1. The van der Waals surface area contributed by atoms with Crippen LogP contribution in [0.15, 0.2) is 29.2 Å². The number of amides is 1. The first-order valence-corrected chi connectivity index (χ1v) is 7.17. The van der Waals surface area contributed by atoms with Crippen molar-refractivity contribution in [2.75, 3.05) is 11.3 Å². The van der Waals surface area contributed by atoms with E-state index in [-0.39, 0.29) is 0 Å². The molecule has 0 aliphatic rings. The number of benzene rings is 1. The fourth-order valence-electron chi connectivity index (χ4n) is 1.41. The van der Waals surface area contributed by atoms with Crippen molar-refractivity contribution in [2.24, 2.45) is 0 Å². The van der Waals surface area contributed by atoms with Crippen LogP contribution in [0.2, 0.25) is 0 Å². The minimum absolute atomic E-state index is 0.296. The quantitative estimate of drug-likeness (QED) is 0.680. The van der Waals surface area contributed by atoms with E-state index in [1.54, 1.807) is 12.1 Å². The number of halogens is 4. The van der Waals surface area contributed by atoms with Gasteiger partial charge in [-0.05, 0) is 35.8 Å². The lowest BCUT2D eigenvalue weighted by molar-refractivity contribution is -0.141. The molecule has 0 saturated carbocycles. The van der Waals surface area contributed by atoms with Gasteiger partial charge in [0.05, 0.1) is 0 Å². The molecular weight excluding hydrogens is 330 g/mol. The van der Waals surface area contributed by atoms with Crippen LogP contribution in [0, 0.1) is 0 Å². The average molecular weight is 337 g/mol. The summed E-state index contributed by atoms with van der Waals surface area (Å²) in [7, 11) is 0. The summed E-state index contributed by atoms with van der Waals surface area (Å²) in [5.74, 6) is -0.941. The van der Waals surface area contributed by atoms with E-state index >= 15 is 0 Å². The lowest BCUT2D eigenvalue weighted by atomic mass is 10.3. The maximum absolute atomic E-state index is 12.6. The average Bonchev–Trinajstić information content (AvgIpc) is 2.90. The molecule has 2 aromatic rings. The molecule has 10 heteroatoms. The number of nitrogens with zero attached hydrogens (tertiary/aromatic N) is 2. The van der Waals surface area contributed by atoms with E-state index in [2.05, 4.69) is 14.9 Å². The molecule has 1 amide bonds. The number of carbonyl (C=O) groups is 1. The molecule has 1 aromatic carbocycles. The Hall–Kier alpha value is -1.68. The van der Waals surface area contributed by atoms with E-state index in [1.807, 2.05) is 0 Å². The SMILES string of the molecule is O=C(Nc1ccc(SCF)cc1)c1snnc1C(F)(F)F. The molecule has 1 heterocycles. The highest BCUT2D eigenvalue weighted by Gasteiger charge is 2.39. The first-order chi connectivity index (χ1) is 9.91. The van der Waals surface area contributed by atoms with Gasteiger partial charge in [0.25, 0.3) is 5.91 Å². The zero-order valence-electron chi connectivity index (χ0n) is 10.1. The number of alkyl halides is 4. The van der Waals surface area contributed by atoms with Crippen molar-refractivity contribution in [1.29, 1.82) is 0 Å². The van der Waals surface area contributed by atoms with Crippen molar-refractivity contribution < 1.29 is 22.4 Å². The van der Waals surface area contributed by atoms with Crippen LogP contribution in [-0.4, -0.2) is 21.5 Å². The van der Waals surface area contributed by atoms with E-state index < -0.39 is 28.7 Å². The first kappa shape index (κ1) is 15.7. The predicted molar refractivity (Wildman–Crippen MR) is 71.1 cm³/mol. The Morgan fingerprint density at radius 1 is 1.29 bits per heavy atom. The standard InChI is InChI=1S/C11H7F4N3OS2/c12-5-20-7-3-1-6(2-4-7)16-10(19)8-9(11(13,14)15)17-18-21-8/h1-4H,5H2,(H,16,19). The minimum Gasteiger partial charge on any atom is -0.321 e. The highest BCUT2D eigenvalue weighted by Crippen LogP contribution is 2.32. The van der Waals surface area contributed by atoms with Gasteiger partial charge in [0.15, 0.2) is 5.69 Å². The van der Waals surface area contributed by atoms with Gasteiger partial charge in [0.2, 0.25) is 0 Å². The van der Waals surface area contributed by atoms with E-state index in [0.29, 0.717) is 22.1 Å². The number of hydrogen-bond donors (Lipinski definition) is 1.